The molecule has 0 bridgehead atoms. The molecular weight excluding hydrogens is 224 g/mol. The van der Waals surface area contributed by atoms with E-state index in [4.69, 9.17) is 9.47 Å². The highest BCUT2D eigenvalue weighted by Crippen LogP contribution is 2.22. The molecule has 0 fully saturated rings. The number of hydrogen-bond acceptors (Lipinski definition) is 2. The third-order valence-electron chi connectivity index (χ3n) is 3.00. The Bertz CT molecular complexity index is 418. The summed E-state index contributed by atoms with van der Waals surface area (Å²) in [6.45, 7) is 1.29. The van der Waals surface area contributed by atoms with E-state index < -0.39 is 0 Å². The van der Waals surface area contributed by atoms with Crippen LogP contribution in [0.15, 0.2) is 53.8 Å². The molecule has 1 aromatic rings. The van der Waals surface area contributed by atoms with E-state index in [1.165, 1.54) is 11.1 Å². The number of rotatable bonds is 6. The van der Waals surface area contributed by atoms with Crippen LogP contribution in [0.5, 0.6) is 0 Å². The molecule has 1 aliphatic rings. The number of benzene rings is 1. The van der Waals surface area contributed by atoms with Crippen molar-refractivity contribution in [3.8, 4) is 0 Å². The van der Waals surface area contributed by atoms with Crippen LogP contribution < -0.4 is 0 Å². The van der Waals surface area contributed by atoms with Gasteiger partial charge in [-0.15, -0.1) is 0 Å². The molecule has 0 unspecified atom stereocenters. The van der Waals surface area contributed by atoms with Crippen molar-refractivity contribution >= 4 is 0 Å². The molecule has 0 aliphatic heterocycles. The average molecular weight is 244 g/mol. The maximum Gasteiger partial charge on any atom is 0.111 e. The van der Waals surface area contributed by atoms with Crippen molar-refractivity contribution in [3.63, 3.8) is 0 Å². The fourth-order valence-corrected chi connectivity index (χ4v) is 2.08. The average Bonchev–Trinajstić information content (AvgIpc) is 2.41. The maximum absolute atomic E-state index is 5.69. The van der Waals surface area contributed by atoms with Gasteiger partial charge in [0.1, 0.15) is 6.61 Å². The summed E-state index contributed by atoms with van der Waals surface area (Å²) in [5, 5.41) is 0. The van der Waals surface area contributed by atoms with Crippen molar-refractivity contribution in [1.82, 2.24) is 0 Å². The van der Waals surface area contributed by atoms with Gasteiger partial charge in [0.2, 0.25) is 0 Å². The fourth-order valence-electron chi connectivity index (χ4n) is 2.08. The van der Waals surface area contributed by atoms with Crippen LogP contribution in [-0.2, 0) is 15.9 Å². The van der Waals surface area contributed by atoms with Crippen molar-refractivity contribution < 1.29 is 9.47 Å². The summed E-state index contributed by atoms with van der Waals surface area (Å²) in [4.78, 5) is 0. The van der Waals surface area contributed by atoms with Crippen LogP contribution in [-0.4, -0.2) is 20.3 Å². The number of methoxy groups -OCH3 is 1. The quantitative estimate of drug-likeness (QED) is 0.563. The lowest BCUT2D eigenvalue weighted by atomic mass is 9.97. The minimum Gasteiger partial charge on any atom is -0.496 e. The fraction of sp³-hybridized carbons (Fsp3) is 0.375. The van der Waals surface area contributed by atoms with Gasteiger partial charge in [0, 0.05) is 13.5 Å². The molecule has 0 atom stereocenters. The van der Waals surface area contributed by atoms with E-state index >= 15 is 0 Å². The van der Waals surface area contributed by atoms with E-state index in [0.29, 0.717) is 13.2 Å². The predicted molar refractivity (Wildman–Crippen MR) is 73.4 cm³/mol. The molecule has 0 saturated carbocycles. The highest BCUT2D eigenvalue weighted by Gasteiger charge is 2.08. The van der Waals surface area contributed by atoms with Crippen molar-refractivity contribution in [3.05, 3.63) is 59.4 Å². The molecule has 1 aromatic carbocycles. The van der Waals surface area contributed by atoms with Crippen molar-refractivity contribution in [2.75, 3.05) is 20.3 Å². The molecule has 0 aromatic heterocycles. The normalized spacial score (nSPS) is 14.9. The Morgan fingerprint density at radius 3 is 2.67 bits per heavy atom. The largest absolute Gasteiger partial charge is 0.496 e. The summed E-state index contributed by atoms with van der Waals surface area (Å²) in [7, 11) is 1.69. The van der Waals surface area contributed by atoms with Crippen LogP contribution in [0.4, 0.5) is 0 Å². The number of hydrogen-bond donors (Lipinski definition) is 0. The summed E-state index contributed by atoms with van der Waals surface area (Å²) < 4.78 is 10.7. The predicted octanol–water partition coefficient (Wildman–Crippen LogP) is 3.50. The topological polar surface area (TPSA) is 18.5 Å². The number of allylic oxidation sites excluding steroid dienone is 3. The van der Waals surface area contributed by atoms with E-state index in [0.717, 1.165) is 25.0 Å². The zero-order valence-corrected chi connectivity index (χ0v) is 10.9. The van der Waals surface area contributed by atoms with Gasteiger partial charge in [0.05, 0.1) is 12.4 Å². The SMILES string of the molecule is COCCOC1=CCC=C(Cc2ccccc2)C1. The van der Waals surface area contributed by atoms with Gasteiger partial charge in [-0.3, -0.25) is 0 Å². The molecule has 0 heterocycles. The number of ether oxygens (including phenoxy) is 2. The molecule has 0 N–H and O–H groups in total. The lowest BCUT2D eigenvalue weighted by Crippen LogP contribution is -2.05. The van der Waals surface area contributed by atoms with Crippen LogP contribution in [0.3, 0.4) is 0 Å². The first kappa shape index (κ1) is 12.9. The Kier molecular flexibility index (Phi) is 5.03. The van der Waals surface area contributed by atoms with Crippen LogP contribution in [0.25, 0.3) is 0 Å². The minimum atomic E-state index is 0.640. The van der Waals surface area contributed by atoms with Gasteiger partial charge >= 0.3 is 0 Å². The monoisotopic (exact) mass is 244 g/mol. The van der Waals surface area contributed by atoms with Crippen molar-refractivity contribution in [1.29, 1.82) is 0 Å². The molecule has 18 heavy (non-hydrogen) atoms. The maximum atomic E-state index is 5.69. The summed E-state index contributed by atoms with van der Waals surface area (Å²) in [6.07, 6.45) is 7.38. The summed E-state index contributed by atoms with van der Waals surface area (Å²) >= 11 is 0. The molecular formula is C16H20O2. The van der Waals surface area contributed by atoms with Gasteiger partial charge in [-0.05, 0) is 24.5 Å². The molecule has 2 rings (SSSR count). The third-order valence-corrected chi connectivity index (χ3v) is 3.00. The smallest absolute Gasteiger partial charge is 0.111 e. The molecule has 1 aliphatic carbocycles. The second kappa shape index (κ2) is 7.02. The van der Waals surface area contributed by atoms with Gasteiger partial charge in [-0.2, -0.15) is 0 Å². The Hall–Kier alpha value is -1.54. The second-order valence-electron chi connectivity index (χ2n) is 4.45. The first-order valence-corrected chi connectivity index (χ1v) is 6.41. The van der Waals surface area contributed by atoms with Crippen LogP contribution in [0.1, 0.15) is 18.4 Å². The van der Waals surface area contributed by atoms with Crippen LogP contribution in [0.2, 0.25) is 0 Å². The Morgan fingerprint density at radius 1 is 1.06 bits per heavy atom. The second-order valence-corrected chi connectivity index (χ2v) is 4.45. The van der Waals surface area contributed by atoms with Gasteiger partial charge in [-0.25, -0.2) is 0 Å². The van der Waals surface area contributed by atoms with E-state index in [1.54, 1.807) is 7.11 Å². The summed E-state index contributed by atoms with van der Waals surface area (Å²) in [5.41, 5.74) is 2.80. The van der Waals surface area contributed by atoms with Gasteiger partial charge in [0.15, 0.2) is 0 Å². The Balaban J connectivity index is 1.83. The highest BCUT2D eigenvalue weighted by atomic mass is 16.5. The molecule has 96 valence electrons. The lowest BCUT2D eigenvalue weighted by molar-refractivity contribution is 0.107. The van der Waals surface area contributed by atoms with E-state index in [1.807, 2.05) is 0 Å². The van der Waals surface area contributed by atoms with Gasteiger partial charge in [-0.1, -0.05) is 42.0 Å². The molecule has 2 heteroatoms. The Morgan fingerprint density at radius 2 is 1.89 bits per heavy atom. The standard InChI is InChI=1S/C16H20O2/c1-17-10-11-18-16-9-5-8-15(13-16)12-14-6-3-2-4-7-14/h2-4,6-9H,5,10-13H2,1H3. The molecule has 0 saturated heterocycles. The Labute approximate surface area is 109 Å². The highest BCUT2D eigenvalue weighted by molar-refractivity contribution is 5.27. The van der Waals surface area contributed by atoms with Gasteiger partial charge < -0.3 is 9.47 Å². The van der Waals surface area contributed by atoms with Gasteiger partial charge in [0.25, 0.3) is 0 Å². The zero-order chi connectivity index (χ0) is 12.6. The molecule has 2 nitrogen and oxygen atoms in total. The first-order valence-electron chi connectivity index (χ1n) is 6.41. The summed E-state index contributed by atoms with van der Waals surface area (Å²) in [5.74, 6) is 1.08. The summed E-state index contributed by atoms with van der Waals surface area (Å²) in [6, 6.07) is 10.6. The van der Waals surface area contributed by atoms with E-state index in [-0.39, 0.29) is 0 Å². The van der Waals surface area contributed by atoms with E-state index in [2.05, 4.69) is 42.5 Å². The van der Waals surface area contributed by atoms with Crippen LogP contribution >= 0.6 is 0 Å². The lowest BCUT2D eigenvalue weighted by Gasteiger charge is -2.16. The van der Waals surface area contributed by atoms with Crippen molar-refractivity contribution in [2.24, 2.45) is 0 Å². The zero-order valence-electron chi connectivity index (χ0n) is 10.9. The first-order chi connectivity index (χ1) is 8.88. The molecule has 0 amide bonds. The minimum absolute atomic E-state index is 0.640. The van der Waals surface area contributed by atoms with Crippen LogP contribution in [0, 0.1) is 0 Å². The van der Waals surface area contributed by atoms with Crippen molar-refractivity contribution in [2.45, 2.75) is 19.3 Å². The molecule has 0 spiro atoms. The molecule has 0 radical (unpaired) electrons. The third kappa shape index (κ3) is 4.04. The van der Waals surface area contributed by atoms with E-state index in [9.17, 15) is 0 Å².